The molecule has 0 aliphatic rings. The Hall–Kier alpha value is -3.46. The van der Waals surface area contributed by atoms with E-state index in [9.17, 15) is 13.0 Å². The molecule has 0 saturated carbocycles. The fourth-order valence-electron chi connectivity index (χ4n) is 3.78. The van der Waals surface area contributed by atoms with Crippen LogP contribution in [0.3, 0.4) is 0 Å². The Morgan fingerprint density at radius 2 is 1.61 bits per heavy atom. The third kappa shape index (κ3) is 7.27. The van der Waals surface area contributed by atoms with Crippen molar-refractivity contribution in [1.29, 1.82) is 0 Å². The van der Waals surface area contributed by atoms with Gasteiger partial charge in [-0.25, -0.2) is 17.4 Å². The molecule has 0 atom stereocenters. The van der Waals surface area contributed by atoms with Gasteiger partial charge in [-0.1, -0.05) is 54.1 Å². The van der Waals surface area contributed by atoms with Crippen molar-refractivity contribution in [2.45, 2.75) is 27.3 Å². The summed E-state index contributed by atoms with van der Waals surface area (Å²) in [6.45, 7) is 6.59. The molecular formula is C28H33N3O4S. The van der Waals surface area contributed by atoms with Crippen LogP contribution in [-0.4, -0.2) is 38.2 Å². The van der Waals surface area contributed by atoms with Crippen LogP contribution in [0.5, 0.6) is 0 Å². The molecule has 0 saturated heterocycles. The van der Waals surface area contributed by atoms with Crippen LogP contribution in [0.1, 0.15) is 30.5 Å². The standard InChI is InChI=1S/C26H28N3.C2H6O4S/c1-5-29-25(23-12-6-20(2)7-13-23)19-28-17-16-22(18-26(28)29)9-8-21-10-14-24(15-11-21)27(3)4;1-2-6-7(3,4)5/h6-19H,5H2,1-4H3;2H2,1H3,(H,3,4,5)/q+1;/p-1. The van der Waals surface area contributed by atoms with Crippen molar-refractivity contribution >= 4 is 33.9 Å². The van der Waals surface area contributed by atoms with Crippen molar-refractivity contribution < 1.29 is 21.6 Å². The maximum Gasteiger partial charge on any atom is 0.287 e. The highest BCUT2D eigenvalue weighted by Gasteiger charge is 2.17. The van der Waals surface area contributed by atoms with Crippen molar-refractivity contribution in [1.82, 2.24) is 4.57 Å². The van der Waals surface area contributed by atoms with Crippen LogP contribution in [0.15, 0.2) is 73.1 Å². The maximum atomic E-state index is 9.45. The fourth-order valence-corrected chi connectivity index (χ4v) is 4.07. The van der Waals surface area contributed by atoms with E-state index in [0.29, 0.717) is 0 Å². The molecule has 4 rings (SSSR count). The highest BCUT2D eigenvalue weighted by molar-refractivity contribution is 7.80. The van der Waals surface area contributed by atoms with Crippen molar-refractivity contribution in [3.05, 3.63) is 89.7 Å². The first kappa shape index (κ1) is 27.1. The SMILES string of the molecule is CCOS(=O)(=O)[O-].CCn1c(-c2ccc(C)cc2)c[n+]2ccc(/C=C/c3ccc(N(C)C)cc3)cc12. The summed E-state index contributed by atoms with van der Waals surface area (Å²) < 4.78 is 36.6. The molecule has 0 aliphatic carbocycles. The Morgan fingerprint density at radius 3 is 2.14 bits per heavy atom. The van der Waals surface area contributed by atoms with Gasteiger partial charge in [0.1, 0.15) is 6.20 Å². The summed E-state index contributed by atoms with van der Waals surface area (Å²) in [4.78, 5) is 2.11. The summed E-state index contributed by atoms with van der Waals surface area (Å²) >= 11 is 0. The van der Waals surface area contributed by atoms with Gasteiger partial charge in [0.2, 0.25) is 10.4 Å². The number of imidazole rings is 1. The van der Waals surface area contributed by atoms with E-state index in [0.717, 1.165) is 6.54 Å². The number of rotatable bonds is 7. The van der Waals surface area contributed by atoms with Gasteiger partial charge >= 0.3 is 0 Å². The number of hydrogen-bond acceptors (Lipinski definition) is 5. The molecule has 0 radical (unpaired) electrons. The molecule has 2 aromatic carbocycles. The molecular weight excluding hydrogens is 474 g/mol. The topological polar surface area (TPSA) is 78.7 Å². The molecule has 2 heterocycles. The quantitative estimate of drug-likeness (QED) is 0.201. The normalized spacial score (nSPS) is 11.5. The monoisotopic (exact) mass is 507 g/mol. The molecule has 0 amide bonds. The number of aromatic nitrogens is 2. The minimum Gasteiger partial charge on any atom is -0.726 e. The Kier molecular flexibility index (Phi) is 9.03. The van der Waals surface area contributed by atoms with Crippen LogP contribution in [-0.2, 0) is 21.1 Å². The number of hydrogen-bond donors (Lipinski definition) is 0. The molecule has 0 bridgehead atoms. The first-order chi connectivity index (χ1) is 17.1. The van der Waals surface area contributed by atoms with E-state index in [-0.39, 0.29) is 6.61 Å². The summed E-state index contributed by atoms with van der Waals surface area (Å²) in [5.74, 6) is 0. The first-order valence-electron chi connectivity index (χ1n) is 11.8. The third-order valence-electron chi connectivity index (χ3n) is 5.62. The predicted molar refractivity (Wildman–Crippen MR) is 144 cm³/mol. The van der Waals surface area contributed by atoms with E-state index in [4.69, 9.17) is 0 Å². The number of benzene rings is 2. The average molecular weight is 508 g/mol. The fraction of sp³-hybridized carbons (Fsp3) is 0.250. The second-order valence-electron chi connectivity index (χ2n) is 8.48. The van der Waals surface area contributed by atoms with Gasteiger partial charge in [-0.05, 0) is 50.1 Å². The Balaban J connectivity index is 0.000000454. The summed E-state index contributed by atoms with van der Waals surface area (Å²) in [5, 5.41) is 0. The van der Waals surface area contributed by atoms with Crippen LogP contribution in [0.4, 0.5) is 5.69 Å². The molecule has 2 aromatic heterocycles. The summed E-state index contributed by atoms with van der Waals surface area (Å²) in [6, 6.07) is 21.8. The van der Waals surface area contributed by atoms with E-state index >= 15 is 0 Å². The van der Waals surface area contributed by atoms with E-state index in [1.165, 1.54) is 46.2 Å². The van der Waals surface area contributed by atoms with E-state index in [1.807, 2.05) is 0 Å². The number of pyridine rings is 1. The lowest BCUT2D eigenvalue weighted by Gasteiger charge is -2.11. The van der Waals surface area contributed by atoms with Crippen molar-refractivity contribution in [2.24, 2.45) is 0 Å². The molecule has 0 spiro atoms. The molecule has 0 fully saturated rings. The van der Waals surface area contributed by atoms with E-state index in [2.05, 4.69) is 131 Å². The van der Waals surface area contributed by atoms with Gasteiger partial charge in [-0.2, -0.15) is 0 Å². The highest BCUT2D eigenvalue weighted by Crippen LogP contribution is 2.22. The molecule has 0 unspecified atom stereocenters. The zero-order chi connectivity index (χ0) is 26.3. The van der Waals surface area contributed by atoms with Gasteiger partial charge in [0.05, 0.1) is 19.3 Å². The molecule has 7 nitrogen and oxygen atoms in total. The number of fused-ring (bicyclic) bond motifs is 1. The first-order valence-corrected chi connectivity index (χ1v) is 13.1. The van der Waals surface area contributed by atoms with E-state index < -0.39 is 10.4 Å². The van der Waals surface area contributed by atoms with Crippen molar-refractivity contribution in [3.63, 3.8) is 0 Å². The maximum absolute atomic E-state index is 9.45. The van der Waals surface area contributed by atoms with Crippen molar-refractivity contribution in [2.75, 3.05) is 25.6 Å². The lowest BCUT2D eigenvalue weighted by atomic mass is 10.1. The molecule has 0 N–H and O–H groups in total. The Labute approximate surface area is 213 Å². The molecule has 4 aromatic rings. The molecule has 8 heteroatoms. The molecule has 190 valence electrons. The van der Waals surface area contributed by atoms with E-state index in [1.54, 1.807) is 0 Å². The minimum atomic E-state index is -4.42. The number of nitrogens with zero attached hydrogens (tertiary/aromatic N) is 3. The third-order valence-corrected chi connectivity index (χ3v) is 6.14. The Bertz CT molecular complexity index is 1420. The van der Waals surface area contributed by atoms with Crippen LogP contribution in [0.2, 0.25) is 0 Å². The highest BCUT2D eigenvalue weighted by atomic mass is 32.3. The summed E-state index contributed by atoms with van der Waals surface area (Å²) in [6.07, 6.45) is 8.72. The van der Waals surface area contributed by atoms with Gasteiger partial charge in [0.25, 0.3) is 5.65 Å². The summed E-state index contributed by atoms with van der Waals surface area (Å²) in [7, 11) is -0.302. The van der Waals surface area contributed by atoms with Crippen LogP contribution in [0.25, 0.3) is 29.1 Å². The summed E-state index contributed by atoms with van der Waals surface area (Å²) in [5.41, 5.74) is 8.59. The van der Waals surface area contributed by atoms with Crippen LogP contribution in [0, 0.1) is 6.92 Å². The van der Waals surface area contributed by atoms with Crippen LogP contribution < -0.4 is 9.30 Å². The zero-order valence-corrected chi connectivity index (χ0v) is 22.2. The smallest absolute Gasteiger partial charge is 0.287 e. The largest absolute Gasteiger partial charge is 0.726 e. The van der Waals surface area contributed by atoms with Gasteiger partial charge in [-0.15, -0.1) is 0 Å². The van der Waals surface area contributed by atoms with Gasteiger partial charge < -0.3 is 9.45 Å². The van der Waals surface area contributed by atoms with Gasteiger partial charge in [0, 0.05) is 31.4 Å². The molecule has 0 aliphatic heterocycles. The van der Waals surface area contributed by atoms with Gasteiger partial charge in [0.15, 0.2) is 5.69 Å². The van der Waals surface area contributed by atoms with Crippen molar-refractivity contribution in [3.8, 4) is 11.3 Å². The zero-order valence-electron chi connectivity index (χ0n) is 21.4. The predicted octanol–water partition coefficient (Wildman–Crippen LogP) is 4.94. The number of anilines is 1. The van der Waals surface area contributed by atoms with Gasteiger partial charge in [-0.3, -0.25) is 4.18 Å². The second kappa shape index (κ2) is 12.0. The number of aryl methyl sites for hydroxylation is 2. The second-order valence-corrected chi connectivity index (χ2v) is 9.54. The lowest BCUT2D eigenvalue weighted by Crippen LogP contribution is -2.18. The Morgan fingerprint density at radius 1 is 0.972 bits per heavy atom. The minimum absolute atomic E-state index is 0.0914. The molecule has 36 heavy (non-hydrogen) atoms. The average Bonchev–Trinajstić information content (AvgIpc) is 3.21. The lowest BCUT2D eigenvalue weighted by molar-refractivity contribution is -0.510. The van der Waals surface area contributed by atoms with Crippen LogP contribution >= 0.6 is 0 Å².